The second-order valence-electron chi connectivity index (χ2n) is 4.84. The van der Waals surface area contributed by atoms with Crippen molar-refractivity contribution in [1.29, 1.82) is 0 Å². The molecular weight excluding hydrogens is 299 g/mol. The summed E-state index contributed by atoms with van der Waals surface area (Å²) in [6.07, 6.45) is 2.86. The number of thioether (sulfide) groups is 1. The quantitative estimate of drug-likeness (QED) is 0.818. The minimum absolute atomic E-state index is 0.0516. The van der Waals surface area contributed by atoms with E-state index in [9.17, 15) is 12.8 Å². The number of anilines is 1. The summed E-state index contributed by atoms with van der Waals surface area (Å²) in [5.74, 6) is 0.248. The molecule has 0 heterocycles. The fourth-order valence-corrected chi connectivity index (χ4v) is 5.02. The third-order valence-corrected chi connectivity index (χ3v) is 6.24. The van der Waals surface area contributed by atoms with Crippen molar-refractivity contribution in [3.63, 3.8) is 0 Å². The van der Waals surface area contributed by atoms with Gasteiger partial charge in [-0.2, -0.15) is 11.8 Å². The molecule has 2 unspecified atom stereocenters. The molecule has 1 fully saturated rings. The van der Waals surface area contributed by atoms with E-state index in [1.807, 2.05) is 0 Å². The molecule has 0 radical (unpaired) electrons. The molecular formula is C13H19FN2O2S2. The average Bonchev–Trinajstić information content (AvgIpc) is 2.80. The number of hydrogen-bond donors (Lipinski definition) is 2. The molecule has 1 aromatic rings. The van der Waals surface area contributed by atoms with Crippen LogP contribution in [0.4, 0.5) is 10.1 Å². The summed E-state index contributed by atoms with van der Waals surface area (Å²) < 4.78 is 40.6. The van der Waals surface area contributed by atoms with Crippen LogP contribution in [-0.4, -0.2) is 25.5 Å². The van der Waals surface area contributed by atoms with Gasteiger partial charge in [0.2, 0.25) is 10.0 Å². The van der Waals surface area contributed by atoms with E-state index in [1.54, 1.807) is 11.8 Å². The van der Waals surface area contributed by atoms with Gasteiger partial charge in [-0.1, -0.05) is 13.3 Å². The Hall–Kier alpha value is -0.790. The van der Waals surface area contributed by atoms with E-state index in [0.29, 0.717) is 5.25 Å². The van der Waals surface area contributed by atoms with Crippen molar-refractivity contribution in [3.8, 4) is 0 Å². The van der Waals surface area contributed by atoms with Gasteiger partial charge in [-0.05, 0) is 36.8 Å². The molecule has 2 atom stereocenters. The van der Waals surface area contributed by atoms with Crippen LogP contribution in [0.2, 0.25) is 0 Å². The molecule has 0 aliphatic heterocycles. The van der Waals surface area contributed by atoms with Crippen LogP contribution in [0.5, 0.6) is 0 Å². The normalized spacial score (nSPS) is 23.1. The lowest BCUT2D eigenvalue weighted by atomic mass is 10.3. The molecule has 0 spiro atoms. The molecule has 4 nitrogen and oxygen atoms in total. The molecule has 3 N–H and O–H groups in total. The van der Waals surface area contributed by atoms with Crippen molar-refractivity contribution in [3.05, 3.63) is 24.0 Å². The van der Waals surface area contributed by atoms with E-state index in [0.717, 1.165) is 31.1 Å². The van der Waals surface area contributed by atoms with Crippen LogP contribution < -0.4 is 10.5 Å². The lowest BCUT2D eigenvalue weighted by molar-refractivity contribution is 0.553. The Morgan fingerprint density at radius 1 is 1.45 bits per heavy atom. The number of nitrogen functional groups attached to an aromatic ring is 1. The highest BCUT2D eigenvalue weighted by molar-refractivity contribution is 8.00. The number of nitrogens with two attached hydrogens (primary N) is 1. The number of nitrogens with one attached hydrogen (secondary N) is 1. The second kappa shape index (κ2) is 6.32. The minimum atomic E-state index is -3.69. The summed E-state index contributed by atoms with van der Waals surface area (Å²) in [7, 11) is -3.69. The Labute approximate surface area is 123 Å². The number of rotatable bonds is 5. The zero-order chi connectivity index (χ0) is 14.8. The lowest BCUT2D eigenvalue weighted by Crippen LogP contribution is -2.38. The van der Waals surface area contributed by atoms with E-state index in [1.165, 1.54) is 12.1 Å². The summed E-state index contributed by atoms with van der Waals surface area (Å²) in [5.41, 5.74) is 5.31. The highest BCUT2D eigenvalue weighted by Crippen LogP contribution is 2.31. The molecule has 0 bridgehead atoms. The van der Waals surface area contributed by atoms with Crippen LogP contribution in [0, 0.1) is 5.82 Å². The maximum absolute atomic E-state index is 13.4. The van der Waals surface area contributed by atoms with Crippen LogP contribution >= 0.6 is 11.8 Å². The first-order valence-electron chi connectivity index (χ1n) is 6.63. The predicted molar refractivity (Wildman–Crippen MR) is 80.7 cm³/mol. The number of halogens is 1. The molecule has 1 aromatic carbocycles. The van der Waals surface area contributed by atoms with Gasteiger partial charge in [0, 0.05) is 11.3 Å². The molecule has 1 aliphatic carbocycles. The second-order valence-corrected chi connectivity index (χ2v) is 8.07. The van der Waals surface area contributed by atoms with Crippen molar-refractivity contribution >= 4 is 27.5 Å². The number of benzene rings is 1. The van der Waals surface area contributed by atoms with Crippen molar-refractivity contribution in [2.75, 3.05) is 11.5 Å². The molecule has 2 rings (SSSR count). The first-order chi connectivity index (χ1) is 9.44. The lowest BCUT2D eigenvalue weighted by Gasteiger charge is -2.20. The average molecular weight is 318 g/mol. The molecule has 20 heavy (non-hydrogen) atoms. The standard InChI is InChI=1S/C13H19FN2O2S2/c1-2-19-13-5-3-4-12(13)16-20(17,18)9-6-7-11(15)10(14)8-9/h6-8,12-13,16H,2-5,15H2,1H3. The number of sulfonamides is 1. The summed E-state index contributed by atoms with van der Waals surface area (Å²) >= 11 is 1.77. The molecule has 7 heteroatoms. The summed E-state index contributed by atoms with van der Waals surface area (Å²) in [6, 6.07) is 3.49. The number of hydrogen-bond acceptors (Lipinski definition) is 4. The van der Waals surface area contributed by atoms with Crippen LogP contribution in [0.25, 0.3) is 0 Å². The van der Waals surface area contributed by atoms with Gasteiger partial charge >= 0.3 is 0 Å². The van der Waals surface area contributed by atoms with Gasteiger partial charge in [0.15, 0.2) is 0 Å². The zero-order valence-electron chi connectivity index (χ0n) is 11.3. The van der Waals surface area contributed by atoms with E-state index < -0.39 is 15.8 Å². The smallest absolute Gasteiger partial charge is 0.240 e. The Morgan fingerprint density at radius 2 is 2.20 bits per heavy atom. The Morgan fingerprint density at radius 3 is 2.85 bits per heavy atom. The third-order valence-electron chi connectivity index (χ3n) is 3.42. The molecule has 0 saturated heterocycles. The summed E-state index contributed by atoms with van der Waals surface area (Å²) in [6.45, 7) is 2.06. The highest BCUT2D eigenvalue weighted by atomic mass is 32.2. The van der Waals surface area contributed by atoms with Gasteiger partial charge in [-0.15, -0.1) is 0 Å². The van der Waals surface area contributed by atoms with Gasteiger partial charge in [0.05, 0.1) is 10.6 Å². The predicted octanol–water partition coefficient (Wildman–Crippen LogP) is 2.36. The van der Waals surface area contributed by atoms with Crippen molar-refractivity contribution < 1.29 is 12.8 Å². The first kappa shape index (κ1) is 15.6. The van der Waals surface area contributed by atoms with Gasteiger partial charge in [0.1, 0.15) is 5.82 Å². The van der Waals surface area contributed by atoms with E-state index in [2.05, 4.69) is 11.6 Å². The van der Waals surface area contributed by atoms with Crippen LogP contribution in [0.3, 0.4) is 0 Å². The Bertz CT molecular complexity index is 578. The third kappa shape index (κ3) is 3.45. The van der Waals surface area contributed by atoms with E-state index >= 15 is 0 Å². The Balaban J connectivity index is 2.16. The van der Waals surface area contributed by atoms with Crippen molar-refractivity contribution in [2.24, 2.45) is 0 Å². The fraction of sp³-hybridized carbons (Fsp3) is 0.538. The van der Waals surface area contributed by atoms with Gasteiger partial charge in [0.25, 0.3) is 0 Å². The summed E-state index contributed by atoms with van der Waals surface area (Å²) in [5, 5.41) is 0.299. The van der Waals surface area contributed by atoms with Crippen LogP contribution in [-0.2, 0) is 10.0 Å². The maximum atomic E-state index is 13.4. The highest BCUT2D eigenvalue weighted by Gasteiger charge is 2.31. The first-order valence-corrected chi connectivity index (χ1v) is 9.16. The van der Waals surface area contributed by atoms with Crippen molar-refractivity contribution in [1.82, 2.24) is 4.72 Å². The van der Waals surface area contributed by atoms with E-state index in [4.69, 9.17) is 5.73 Å². The monoisotopic (exact) mass is 318 g/mol. The fourth-order valence-electron chi connectivity index (χ4n) is 2.42. The minimum Gasteiger partial charge on any atom is -0.396 e. The summed E-state index contributed by atoms with van der Waals surface area (Å²) in [4.78, 5) is -0.0728. The van der Waals surface area contributed by atoms with Gasteiger partial charge in [-0.25, -0.2) is 17.5 Å². The topological polar surface area (TPSA) is 72.2 Å². The van der Waals surface area contributed by atoms with Gasteiger partial charge in [-0.3, -0.25) is 0 Å². The zero-order valence-corrected chi connectivity index (χ0v) is 12.9. The molecule has 1 aliphatic rings. The van der Waals surface area contributed by atoms with E-state index in [-0.39, 0.29) is 16.6 Å². The Kier molecular flexibility index (Phi) is 4.93. The molecule has 112 valence electrons. The molecule has 0 aromatic heterocycles. The maximum Gasteiger partial charge on any atom is 0.240 e. The molecule has 0 amide bonds. The van der Waals surface area contributed by atoms with Crippen LogP contribution in [0.1, 0.15) is 26.2 Å². The van der Waals surface area contributed by atoms with Crippen LogP contribution in [0.15, 0.2) is 23.1 Å². The van der Waals surface area contributed by atoms with Crippen molar-refractivity contribution in [2.45, 2.75) is 42.4 Å². The SMILES string of the molecule is CCSC1CCCC1NS(=O)(=O)c1ccc(N)c(F)c1. The molecule has 1 saturated carbocycles. The van der Waals surface area contributed by atoms with Gasteiger partial charge < -0.3 is 5.73 Å². The largest absolute Gasteiger partial charge is 0.396 e.